The number of ether oxygens (including phenoxy) is 2. The molecule has 8 nitrogen and oxygen atoms in total. The van der Waals surface area contributed by atoms with Crippen LogP contribution in [-0.2, 0) is 27.9 Å². The highest BCUT2D eigenvalue weighted by Crippen LogP contribution is 2.38. The van der Waals surface area contributed by atoms with Gasteiger partial charge >= 0.3 is 5.97 Å². The molecule has 2 unspecified atom stereocenters. The number of rotatable bonds is 48. The summed E-state index contributed by atoms with van der Waals surface area (Å²) in [6.07, 6.45) is 74.8. The molecule has 0 saturated heterocycles. The van der Waals surface area contributed by atoms with Gasteiger partial charge in [0.1, 0.15) is 19.3 Å². The van der Waals surface area contributed by atoms with Crippen molar-refractivity contribution in [2.75, 3.05) is 54.1 Å². The first-order chi connectivity index (χ1) is 33.6. The normalized spacial score (nSPS) is 14.6. The number of esters is 1. The molecule has 2 atom stereocenters. The van der Waals surface area contributed by atoms with Gasteiger partial charge in [-0.05, 0) is 109 Å². The van der Waals surface area contributed by atoms with Crippen molar-refractivity contribution in [2.24, 2.45) is 0 Å². The van der Waals surface area contributed by atoms with E-state index < -0.39 is 13.9 Å². The van der Waals surface area contributed by atoms with Crippen molar-refractivity contribution in [1.29, 1.82) is 0 Å². The summed E-state index contributed by atoms with van der Waals surface area (Å²) in [7, 11) is 1.31. The lowest BCUT2D eigenvalue weighted by atomic mass is 10.1. The zero-order chi connectivity index (χ0) is 50.5. The molecule has 0 N–H and O–H groups in total. The fourth-order valence-electron chi connectivity index (χ4n) is 6.63. The molecule has 0 fully saturated rings. The van der Waals surface area contributed by atoms with Gasteiger partial charge in [-0.3, -0.25) is 9.36 Å². The zero-order valence-corrected chi connectivity index (χ0v) is 45.3. The van der Waals surface area contributed by atoms with Crippen LogP contribution in [0.2, 0.25) is 0 Å². The Morgan fingerprint density at radius 3 is 1.19 bits per heavy atom. The maximum absolute atomic E-state index is 12.8. The fraction of sp³-hybridized carbons (Fsp3) is 0.617. The molecule has 0 spiro atoms. The summed E-state index contributed by atoms with van der Waals surface area (Å²) in [5.74, 6) is -0.367. The predicted octanol–water partition coefficient (Wildman–Crippen LogP) is 16.4. The third kappa shape index (κ3) is 55.4. The van der Waals surface area contributed by atoms with E-state index in [1.54, 1.807) is 0 Å². The third-order valence-corrected chi connectivity index (χ3v) is 11.7. The van der Waals surface area contributed by atoms with Crippen LogP contribution in [0, 0.1) is 0 Å². The molecule has 0 heterocycles. The van der Waals surface area contributed by atoms with Crippen LogP contribution in [0.25, 0.3) is 0 Å². The minimum Gasteiger partial charge on any atom is -0.756 e. The van der Waals surface area contributed by atoms with Gasteiger partial charge in [-0.2, -0.15) is 0 Å². The van der Waals surface area contributed by atoms with Crippen molar-refractivity contribution < 1.29 is 37.3 Å². The molecule has 0 bridgehead atoms. The van der Waals surface area contributed by atoms with E-state index in [1.165, 1.54) is 32.1 Å². The Morgan fingerprint density at radius 2 is 0.797 bits per heavy atom. The molecular weight excluding hydrogens is 878 g/mol. The van der Waals surface area contributed by atoms with E-state index in [-0.39, 0.29) is 32.2 Å². The van der Waals surface area contributed by atoms with E-state index in [0.717, 1.165) is 128 Å². The summed E-state index contributed by atoms with van der Waals surface area (Å²) in [4.78, 5) is 25.2. The van der Waals surface area contributed by atoms with Crippen molar-refractivity contribution in [2.45, 2.75) is 187 Å². The molecule has 0 saturated carbocycles. The van der Waals surface area contributed by atoms with Crippen LogP contribution in [0.4, 0.5) is 0 Å². The van der Waals surface area contributed by atoms with Crippen LogP contribution in [0.1, 0.15) is 181 Å². The highest BCUT2D eigenvalue weighted by molar-refractivity contribution is 7.45. The SMILES string of the molecule is CC/C=C\C/C=C\C/C=C\C/C=C\C/C=C\C/C=C\CCCCCCC(=O)OC(COCCCCCCCCCC/C=C\C/C=C\C/C=C\C/C=C\C/C=C\CC)COP(=O)([O-])OCC[N+](C)(C)C. The van der Waals surface area contributed by atoms with E-state index in [4.69, 9.17) is 18.5 Å². The Balaban J connectivity index is 4.24. The maximum atomic E-state index is 12.8. The number of carbonyl (C=O) groups is 1. The minimum absolute atomic E-state index is 0.0103. The molecule has 392 valence electrons. The molecule has 0 aliphatic rings. The number of phosphoric ester groups is 1. The first kappa shape index (κ1) is 65.6. The Labute approximate surface area is 424 Å². The Bertz CT molecular complexity index is 1560. The molecule has 0 rings (SSSR count). The van der Waals surface area contributed by atoms with Crippen molar-refractivity contribution in [1.82, 2.24) is 0 Å². The quantitative estimate of drug-likeness (QED) is 0.0197. The first-order valence-electron chi connectivity index (χ1n) is 26.9. The smallest absolute Gasteiger partial charge is 0.306 e. The highest BCUT2D eigenvalue weighted by atomic mass is 31.2. The number of hydrogen-bond donors (Lipinski definition) is 0. The standard InChI is InChI=1S/C60H100NO7P/c1-6-8-10-12-14-16-18-20-22-24-26-28-30-32-34-36-38-40-42-44-46-48-50-52-55-65-57-59(58-67-69(63,64)66-56-54-61(3,4)5)68-60(62)53-51-49-47-45-43-41-39-37-35-33-31-29-27-25-23-21-19-17-15-13-11-9-7-2/h8-11,14-17,20-23,26-29,32-35,39,41,59H,6-7,12-13,18-19,24-25,30-31,36-38,40,42-58H2,1-5H3/b10-8-,11-9-,16-14-,17-15-,22-20-,23-21-,28-26-,29-27-,34-32-,35-33-,41-39-. The van der Waals surface area contributed by atoms with Crippen LogP contribution in [0.15, 0.2) is 134 Å². The molecule has 0 aliphatic carbocycles. The number of allylic oxidation sites excluding steroid dienone is 22. The molecule has 69 heavy (non-hydrogen) atoms. The van der Waals surface area contributed by atoms with Crippen molar-refractivity contribution in [3.05, 3.63) is 134 Å². The molecule has 0 aromatic carbocycles. The van der Waals surface area contributed by atoms with Gasteiger partial charge in [0.15, 0.2) is 0 Å². The predicted molar refractivity (Wildman–Crippen MR) is 295 cm³/mol. The molecule has 0 aromatic rings. The lowest BCUT2D eigenvalue weighted by Crippen LogP contribution is -2.37. The Hall–Kier alpha value is -3.36. The number of unbranched alkanes of at least 4 members (excludes halogenated alkanes) is 12. The first-order valence-corrected chi connectivity index (χ1v) is 28.4. The number of hydrogen-bond acceptors (Lipinski definition) is 7. The summed E-state index contributed by atoms with van der Waals surface area (Å²) < 4.78 is 34.8. The van der Waals surface area contributed by atoms with Gasteiger partial charge in [0.05, 0.1) is 34.4 Å². The van der Waals surface area contributed by atoms with Crippen LogP contribution >= 0.6 is 7.82 Å². The molecule has 0 aromatic heterocycles. The van der Waals surface area contributed by atoms with Gasteiger partial charge in [0.2, 0.25) is 0 Å². The van der Waals surface area contributed by atoms with Crippen molar-refractivity contribution >= 4 is 13.8 Å². The second kappa shape index (κ2) is 51.0. The number of phosphoric acid groups is 1. The second-order valence-electron chi connectivity index (χ2n) is 18.5. The lowest BCUT2D eigenvalue weighted by molar-refractivity contribution is -0.870. The second-order valence-corrected chi connectivity index (χ2v) is 19.9. The van der Waals surface area contributed by atoms with E-state index in [9.17, 15) is 14.3 Å². The fourth-order valence-corrected chi connectivity index (χ4v) is 7.36. The largest absolute Gasteiger partial charge is 0.756 e. The van der Waals surface area contributed by atoms with E-state index in [0.29, 0.717) is 17.6 Å². The summed E-state index contributed by atoms with van der Waals surface area (Å²) in [5.41, 5.74) is 0. The van der Waals surface area contributed by atoms with Crippen molar-refractivity contribution in [3.8, 4) is 0 Å². The van der Waals surface area contributed by atoms with Crippen LogP contribution in [0.3, 0.4) is 0 Å². The number of nitrogens with zero attached hydrogens (tertiary/aromatic N) is 1. The van der Waals surface area contributed by atoms with Crippen LogP contribution in [-0.4, -0.2) is 70.7 Å². The molecule has 0 radical (unpaired) electrons. The summed E-state index contributed by atoms with van der Waals surface area (Å²) >= 11 is 0. The molecular formula is C60H100NO7P. The topological polar surface area (TPSA) is 94.1 Å². The number of likely N-dealkylation sites (N-methyl/N-ethyl adjacent to an activating group) is 1. The van der Waals surface area contributed by atoms with Crippen molar-refractivity contribution in [3.63, 3.8) is 0 Å². The van der Waals surface area contributed by atoms with Crippen LogP contribution in [0.5, 0.6) is 0 Å². The van der Waals surface area contributed by atoms with Gasteiger partial charge in [0, 0.05) is 13.0 Å². The summed E-state index contributed by atoms with van der Waals surface area (Å²) in [5, 5.41) is 0. The number of quaternary nitrogens is 1. The summed E-state index contributed by atoms with van der Waals surface area (Å²) in [6.45, 7) is 5.10. The van der Waals surface area contributed by atoms with E-state index in [2.05, 4.69) is 148 Å². The average molecular weight is 978 g/mol. The molecule has 0 aliphatic heterocycles. The van der Waals surface area contributed by atoms with E-state index >= 15 is 0 Å². The van der Waals surface area contributed by atoms with Gasteiger partial charge < -0.3 is 27.9 Å². The maximum Gasteiger partial charge on any atom is 0.306 e. The van der Waals surface area contributed by atoms with Gasteiger partial charge in [-0.15, -0.1) is 0 Å². The average Bonchev–Trinajstić information content (AvgIpc) is 3.31. The van der Waals surface area contributed by atoms with E-state index in [1.807, 2.05) is 21.1 Å². The molecule has 0 amide bonds. The van der Waals surface area contributed by atoms with Gasteiger partial charge in [-0.1, -0.05) is 199 Å². The lowest BCUT2D eigenvalue weighted by Gasteiger charge is -2.28. The van der Waals surface area contributed by atoms with Gasteiger partial charge in [-0.25, -0.2) is 0 Å². The third-order valence-electron chi connectivity index (χ3n) is 10.7. The van der Waals surface area contributed by atoms with Gasteiger partial charge in [0.25, 0.3) is 7.82 Å². The Morgan fingerprint density at radius 1 is 0.449 bits per heavy atom. The van der Waals surface area contributed by atoms with Crippen LogP contribution < -0.4 is 4.89 Å². The zero-order valence-electron chi connectivity index (χ0n) is 44.5. The number of carbonyl (C=O) groups excluding carboxylic acids is 1. The highest BCUT2D eigenvalue weighted by Gasteiger charge is 2.20. The minimum atomic E-state index is -4.56. The monoisotopic (exact) mass is 978 g/mol. The summed E-state index contributed by atoms with van der Waals surface area (Å²) in [6, 6.07) is 0. The Kier molecular flexibility index (Phi) is 48.5. The molecule has 9 heteroatoms.